The lowest BCUT2D eigenvalue weighted by atomic mass is 10.1. The largest absolute Gasteiger partial charge is 0.370 e. The van der Waals surface area contributed by atoms with Gasteiger partial charge in [-0.2, -0.15) is 0 Å². The van der Waals surface area contributed by atoms with Crippen LogP contribution in [-0.4, -0.2) is 11.5 Å². The van der Waals surface area contributed by atoms with Crippen molar-refractivity contribution in [3.05, 3.63) is 36.5 Å². The lowest BCUT2D eigenvalue weighted by Crippen LogP contribution is -2.06. The number of nitrogens with one attached hydrogen (secondary N) is 1. The monoisotopic (exact) mass is 214 g/mol. The van der Waals surface area contributed by atoms with Crippen molar-refractivity contribution >= 4 is 16.6 Å². The van der Waals surface area contributed by atoms with Gasteiger partial charge in [-0.15, -0.1) is 0 Å². The van der Waals surface area contributed by atoms with Crippen LogP contribution in [0, 0.1) is 5.92 Å². The summed E-state index contributed by atoms with van der Waals surface area (Å²) in [5.74, 6) is 1.72. The summed E-state index contributed by atoms with van der Waals surface area (Å²) in [5.41, 5.74) is 0. The summed E-state index contributed by atoms with van der Waals surface area (Å²) in [5, 5.41) is 5.85. The number of anilines is 1. The Bertz CT molecular complexity index is 458. The normalized spacial score (nSPS) is 10.9. The van der Waals surface area contributed by atoms with E-state index in [0.717, 1.165) is 18.3 Å². The summed E-state index contributed by atoms with van der Waals surface area (Å²) in [6.45, 7) is 5.45. The maximum absolute atomic E-state index is 4.39. The van der Waals surface area contributed by atoms with E-state index in [0.29, 0.717) is 0 Å². The van der Waals surface area contributed by atoms with Gasteiger partial charge in [0.2, 0.25) is 0 Å². The Morgan fingerprint density at radius 1 is 1.19 bits per heavy atom. The number of hydrogen-bond donors (Lipinski definition) is 1. The lowest BCUT2D eigenvalue weighted by molar-refractivity contribution is 0.607. The van der Waals surface area contributed by atoms with Gasteiger partial charge in [0.1, 0.15) is 5.82 Å². The molecule has 2 aromatic rings. The molecule has 0 aliphatic rings. The van der Waals surface area contributed by atoms with Crippen molar-refractivity contribution in [1.29, 1.82) is 0 Å². The molecule has 0 aliphatic heterocycles. The van der Waals surface area contributed by atoms with Crippen molar-refractivity contribution in [3.8, 4) is 0 Å². The second-order valence-electron chi connectivity index (χ2n) is 4.49. The van der Waals surface area contributed by atoms with E-state index in [-0.39, 0.29) is 0 Å². The fourth-order valence-electron chi connectivity index (χ4n) is 1.74. The average Bonchev–Trinajstić information content (AvgIpc) is 2.29. The highest BCUT2D eigenvalue weighted by molar-refractivity contribution is 5.91. The molecule has 0 radical (unpaired) electrons. The third-order valence-corrected chi connectivity index (χ3v) is 2.69. The first-order valence-electron chi connectivity index (χ1n) is 5.85. The van der Waals surface area contributed by atoms with Gasteiger partial charge in [-0.3, -0.25) is 0 Å². The molecule has 1 aromatic carbocycles. The Morgan fingerprint density at radius 3 is 2.81 bits per heavy atom. The molecule has 0 atom stereocenters. The molecule has 0 fully saturated rings. The van der Waals surface area contributed by atoms with E-state index in [1.165, 1.54) is 17.2 Å². The van der Waals surface area contributed by atoms with Crippen LogP contribution in [0.2, 0.25) is 0 Å². The maximum atomic E-state index is 4.39. The van der Waals surface area contributed by atoms with Gasteiger partial charge in [0.25, 0.3) is 0 Å². The molecule has 0 saturated heterocycles. The highest BCUT2D eigenvalue weighted by Gasteiger charge is 2.01. The molecule has 0 unspecified atom stereocenters. The molecule has 0 aliphatic carbocycles. The molecule has 84 valence electrons. The Balaban J connectivity index is 2.17. The van der Waals surface area contributed by atoms with Crippen molar-refractivity contribution in [1.82, 2.24) is 4.98 Å². The Kier molecular flexibility index (Phi) is 3.40. The predicted octanol–water partition coefficient (Wildman–Crippen LogP) is 3.69. The van der Waals surface area contributed by atoms with Gasteiger partial charge < -0.3 is 5.32 Å². The number of pyridine rings is 1. The highest BCUT2D eigenvalue weighted by atomic mass is 15.0. The van der Waals surface area contributed by atoms with Gasteiger partial charge in [0.05, 0.1) is 0 Å². The van der Waals surface area contributed by atoms with Crippen molar-refractivity contribution in [3.63, 3.8) is 0 Å². The molecule has 2 heteroatoms. The predicted molar refractivity (Wildman–Crippen MR) is 69.7 cm³/mol. The topological polar surface area (TPSA) is 24.9 Å². The molecular formula is C14H18N2. The van der Waals surface area contributed by atoms with Gasteiger partial charge in [-0.25, -0.2) is 4.98 Å². The van der Waals surface area contributed by atoms with Crippen LogP contribution in [0.5, 0.6) is 0 Å². The summed E-state index contributed by atoms with van der Waals surface area (Å²) in [6, 6.07) is 10.4. The second kappa shape index (κ2) is 4.97. The van der Waals surface area contributed by atoms with Crippen LogP contribution in [0.4, 0.5) is 5.82 Å². The molecule has 1 N–H and O–H groups in total. The van der Waals surface area contributed by atoms with E-state index in [1.54, 1.807) is 0 Å². The number of nitrogens with zero attached hydrogens (tertiary/aromatic N) is 1. The zero-order valence-electron chi connectivity index (χ0n) is 9.90. The summed E-state index contributed by atoms with van der Waals surface area (Å²) in [7, 11) is 0. The number of benzene rings is 1. The molecule has 0 amide bonds. The van der Waals surface area contributed by atoms with E-state index < -0.39 is 0 Å². The Hall–Kier alpha value is -1.57. The van der Waals surface area contributed by atoms with Crippen molar-refractivity contribution in [2.24, 2.45) is 5.92 Å². The van der Waals surface area contributed by atoms with Gasteiger partial charge >= 0.3 is 0 Å². The minimum absolute atomic E-state index is 0.725. The summed E-state index contributed by atoms with van der Waals surface area (Å²) >= 11 is 0. The Labute approximate surface area is 96.7 Å². The van der Waals surface area contributed by atoms with Gasteiger partial charge in [-0.1, -0.05) is 38.1 Å². The number of hydrogen-bond acceptors (Lipinski definition) is 2. The van der Waals surface area contributed by atoms with E-state index >= 15 is 0 Å². The van der Waals surface area contributed by atoms with Crippen LogP contribution in [0.1, 0.15) is 20.3 Å². The molecule has 16 heavy (non-hydrogen) atoms. The van der Waals surface area contributed by atoms with Gasteiger partial charge in [-0.05, 0) is 23.8 Å². The molecule has 2 rings (SSSR count). The standard InChI is InChI=1S/C14H18N2/c1-11(2)7-9-15-14-13-6-4-3-5-12(13)8-10-16-14/h3-6,8,10-11H,7,9H2,1-2H3,(H,15,16). The van der Waals surface area contributed by atoms with Crippen LogP contribution in [0.3, 0.4) is 0 Å². The zero-order valence-corrected chi connectivity index (χ0v) is 9.90. The first-order valence-corrected chi connectivity index (χ1v) is 5.85. The molecule has 0 spiro atoms. The minimum Gasteiger partial charge on any atom is -0.370 e. The van der Waals surface area contributed by atoms with E-state index in [1.807, 2.05) is 12.3 Å². The molecule has 0 bridgehead atoms. The lowest BCUT2D eigenvalue weighted by Gasteiger charge is -2.09. The minimum atomic E-state index is 0.725. The van der Waals surface area contributed by atoms with Crippen molar-refractivity contribution in [2.75, 3.05) is 11.9 Å². The Morgan fingerprint density at radius 2 is 2.00 bits per heavy atom. The van der Waals surface area contributed by atoms with Gasteiger partial charge in [0.15, 0.2) is 0 Å². The quantitative estimate of drug-likeness (QED) is 0.839. The van der Waals surface area contributed by atoms with Crippen molar-refractivity contribution < 1.29 is 0 Å². The molecule has 0 saturated carbocycles. The highest BCUT2D eigenvalue weighted by Crippen LogP contribution is 2.20. The third kappa shape index (κ3) is 2.51. The van der Waals surface area contributed by atoms with E-state index in [4.69, 9.17) is 0 Å². The van der Waals surface area contributed by atoms with Crippen LogP contribution in [0.15, 0.2) is 36.5 Å². The smallest absolute Gasteiger partial charge is 0.133 e. The fourth-order valence-corrected chi connectivity index (χ4v) is 1.74. The zero-order chi connectivity index (χ0) is 11.4. The number of rotatable bonds is 4. The van der Waals surface area contributed by atoms with Crippen LogP contribution in [-0.2, 0) is 0 Å². The molecule has 1 heterocycles. The summed E-state index contributed by atoms with van der Waals surface area (Å²) in [6.07, 6.45) is 3.03. The number of fused-ring (bicyclic) bond motifs is 1. The number of aromatic nitrogens is 1. The van der Waals surface area contributed by atoms with Crippen molar-refractivity contribution in [2.45, 2.75) is 20.3 Å². The second-order valence-corrected chi connectivity index (χ2v) is 4.49. The molecular weight excluding hydrogens is 196 g/mol. The van der Waals surface area contributed by atoms with Crippen LogP contribution < -0.4 is 5.32 Å². The maximum Gasteiger partial charge on any atom is 0.133 e. The van der Waals surface area contributed by atoms with Crippen LogP contribution >= 0.6 is 0 Å². The summed E-state index contributed by atoms with van der Waals surface area (Å²) in [4.78, 5) is 4.39. The molecule has 2 nitrogen and oxygen atoms in total. The van der Waals surface area contributed by atoms with Crippen LogP contribution in [0.25, 0.3) is 10.8 Å². The third-order valence-electron chi connectivity index (χ3n) is 2.69. The first-order chi connectivity index (χ1) is 7.77. The first kappa shape index (κ1) is 10.9. The average molecular weight is 214 g/mol. The van der Waals surface area contributed by atoms with E-state index in [2.05, 4.69) is 48.4 Å². The summed E-state index contributed by atoms with van der Waals surface area (Å²) < 4.78 is 0. The SMILES string of the molecule is CC(C)CCNc1nccc2ccccc12. The van der Waals surface area contributed by atoms with Gasteiger partial charge in [0, 0.05) is 18.1 Å². The fraction of sp³-hybridized carbons (Fsp3) is 0.357. The van der Waals surface area contributed by atoms with E-state index in [9.17, 15) is 0 Å². The molecule has 1 aromatic heterocycles.